The molecule has 0 unspecified atom stereocenters. The third kappa shape index (κ3) is 2.68. The lowest BCUT2D eigenvalue weighted by atomic mass is 10.4. The second kappa shape index (κ2) is 5.86. The first-order valence-corrected chi connectivity index (χ1v) is 7.32. The van der Waals surface area contributed by atoms with Crippen LogP contribution in [0.25, 0.3) is 0 Å². The number of anilines is 1. The van der Waals surface area contributed by atoms with E-state index in [1.807, 2.05) is 11.8 Å². The van der Waals surface area contributed by atoms with E-state index in [0.717, 1.165) is 28.8 Å². The van der Waals surface area contributed by atoms with Gasteiger partial charge >= 0.3 is 0 Å². The molecule has 0 radical (unpaired) electrons. The van der Waals surface area contributed by atoms with Crippen molar-refractivity contribution >= 4 is 28.2 Å². The number of hydrogen-bond donors (Lipinski definition) is 1. The van der Waals surface area contributed by atoms with Crippen LogP contribution in [0.5, 0.6) is 0 Å². The summed E-state index contributed by atoms with van der Waals surface area (Å²) < 4.78 is 5.14. The first kappa shape index (κ1) is 12.2. The molecule has 1 saturated heterocycles. The number of ether oxygens (including phenoxy) is 1. The smallest absolute Gasteiger partial charge is 0.185 e. The third-order valence-electron chi connectivity index (χ3n) is 2.52. The van der Waals surface area contributed by atoms with E-state index >= 15 is 0 Å². The monoisotopic (exact) mass is 259 g/mol. The fourth-order valence-electron chi connectivity index (χ4n) is 1.67. The number of hydrogen-bond acceptors (Lipinski definition) is 6. The third-order valence-corrected chi connectivity index (χ3v) is 4.64. The summed E-state index contributed by atoms with van der Waals surface area (Å²) in [6.07, 6.45) is 0. The van der Waals surface area contributed by atoms with Crippen LogP contribution in [-0.4, -0.2) is 36.7 Å². The summed E-state index contributed by atoms with van der Waals surface area (Å²) in [6, 6.07) is 0. The Bertz CT molecular complexity index is 337. The van der Waals surface area contributed by atoms with Crippen LogP contribution in [0.1, 0.15) is 10.6 Å². The number of thiazole rings is 1. The van der Waals surface area contributed by atoms with Gasteiger partial charge in [-0.25, -0.2) is 4.98 Å². The van der Waals surface area contributed by atoms with Crippen molar-refractivity contribution < 1.29 is 4.74 Å². The van der Waals surface area contributed by atoms with E-state index in [9.17, 15) is 0 Å². The number of thioether (sulfide) groups is 1. The topological polar surface area (TPSA) is 51.4 Å². The molecule has 1 aromatic rings. The highest BCUT2D eigenvalue weighted by Crippen LogP contribution is 2.28. The highest BCUT2D eigenvalue weighted by Gasteiger charge is 2.17. The predicted octanol–water partition coefficient (Wildman–Crippen LogP) is 1.30. The minimum Gasteiger partial charge on any atom is -0.378 e. The molecule has 0 aliphatic carbocycles. The van der Waals surface area contributed by atoms with Crippen LogP contribution in [0.15, 0.2) is 0 Å². The summed E-state index contributed by atoms with van der Waals surface area (Å²) in [5, 5.41) is 1.10. The van der Waals surface area contributed by atoms with Gasteiger partial charge in [-0.1, -0.05) is 0 Å². The maximum Gasteiger partial charge on any atom is 0.185 e. The van der Waals surface area contributed by atoms with Crippen LogP contribution in [0.3, 0.4) is 0 Å². The molecule has 0 bridgehead atoms. The fourth-order valence-corrected chi connectivity index (χ4v) is 3.57. The molecule has 4 nitrogen and oxygen atoms in total. The molecule has 1 aliphatic heterocycles. The molecule has 1 aromatic heterocycles. The lowest BCUT2D eigenvalue weighted by molar-refractivity contribution is 0.181. The van der Waals surface area contributed by atoms with Crippen molar-refractivity contribution in [2.24, 2.45) is 5.73 Å². The molecular formula is C10H17N3OS2. The highest BCUT2D eigenvalue weighted by molar-refractivity contribution is 7.99. The zero-order chi connectivity index (χ0) is 11.4. The summed E-state index contributed by atoms with van der Waals surface area (Å²) in [6.45, 7) is 3.30. The Morgan fingerprint density at radius 3 is 2.81 bits per heavy atom. The molecule has 90 valence electrons. The molecule has 1 fully saturated rings. The van der Waals surface area contributed by atoms with Crippen LogP contribution in [0.2, 0.25) is 0 Å². The molecule has 0 atom stereocenters. The quantitative estimate of drug-likeness (QED) is 0.883. The van der Waals surface area contributed by atoms with Crippen molar-refractivity contribution in [2.75, 3.05) is 36.6 Å². The van der Waals surface area contributed by atoms with Crippen LogP contribution in [0, 0.1) is 0 Å². The lowest BCUT2D eigenvalue weighted by Crippen LogP contribution is -2.32. The van der Waals surface area contributed by atoms with E-state index in [2.05, 4.69) is 9.88 Å². The summed E-state index contributed by atoms with van der Waals surface area (Å²) in [5.41, 5.74) is 6.72. The van der Waals surface area contributed by atoms with Gasteiger partial charge in [0, 0.05) is 43.1 Å². The van der Waals surface area contributed by atoms with Crippen LogP contribution in [0.4, 0.5) is 5.13 Å². The van der Waals surface area contributed by atoms with Crippen LogP contribution >= 0.6 is 23.1 Å². The first-order chi connectivity index (χ1) is 7.85. The second-order valence-corrected chi connectivity index (χ2v) is 5.89. The van der Waals surface area contributed by atoms with Crippen LogP contribution < -0.4 is 10.6 Å². The SMILES string of the molecule is COCc1nc(N2CCSCC2)sc1CN. The molecule has 6 heteroatoms. The summed E-state index contributed by atoms with van der Waals surface area (Å²) in [7, 11) is 1.69. The lowest BCUT2D eigenvalue weighted by Gasteiger charge is -2.25. The summed E-state index contributed by atoms with van der Waals surface area (Å²) in [5.74, 6) is 2.38. The van der Waals surface area contributed by atoms with Gasteiger partial charge in [0.1, 0.15) is 0 Å². The molecule has 2 N–H and O–H groups in total. The molecule has 0 amide bonds. The Morgan fingerprint density at radius 2 is 2.19 bits per heavy atom. The first-order valence-electron chi connectivity index (χ1n) is 5.35. The van der Waals surface area contributed by atoms with Crippen LogP contribution in [-0.2, 0) is 17.9 Å². The van der Waals surface area contributed by atoms with Crippen molar-refractivity contribution in [3.05, 3.63) is 10.6 Å². The van der Waals surface area contributed by atoms with Crippen molar-refractivity contribution in [2.45, 2.75) is 13.2 Å². The van der Waals surface area contributed by atoms with Gasteiger partial charge in [-0.3, -0.25) is 0 Å². The molecule has 1 aliphatic rings. The average molecular weight is 259 g/mol. The minimum atomic E-state index is 0.555. The van der Waals surface area contributed by atoms with E-state index in [1.165, 1.54) is 11.5 Å². The molecular weight excluding hydrogens is 242 g/mol. The zero-order valence-corrected chi connectivity index (χ0v) is 11.1. The van der Waals surface area contributed by atoms with Gasteiger partial charge < -0.3 is 15.4 Å². The van der Waals surface area contributed by atoms with E-state index < -0.39 is 0 Å². The number of rotatable bonds is 4. The second-order valence-electron chi connectivity index (χ2n) is 3.60. The number of methoxy groups -OCH3 is 1. The zero-order valence-electron chi connectivity index (χ0n) is 9.44. The molecule has 0 aromatic carbocycles. The highest BCUT2D eigenvalue weighted by atomic mass is 32.2. The number of nitrogens with zero attached hydrogens (tertiary/aromatic N) is 2. The average Bonchev–Trinajstić information content (AvgIpc) is 2.74. The summed E-state index contributed by atoms with van der Waals surface area (Å²) >= 11 is 3.71. The number of aromatic nitrogens is 1. The number of nitrogens with two attached hydrogens (primary N) is 1. The van der Waals surface area contributed by atoms with E-state index in [0.29, 0.717) is 13.2 Å². The van der Waals surface area contributed by atoms with Gasteiger partial charge in [0.2, 0.25) is 0 Å². The molecule has 2 heterocycles. The van der Waals surface area contributed by atoms with Gasteiger partial charge in [-0.15, -0.1) is 11.3 Å². The fraction of sp³-hybridized carbons (Fsp3) is 0.700. The van der Waals surface area contributed by atoms with Gasteiger partial charge in [0.05, 0.1) is 12.3 Å². The van der Waals surface area contributed by atoms with Gasteiger partial charge in [-0.2, -0.15) is 11.8 Å². The predicted molar refractivity (Wildman–Crippen MR) is 70.3 cm³/mol. The van der Waals surface area contributed by atoms with E-state index in [4.69, 9.17) is 10.5 Å². The van der Waals surface area contributed by atoms with Crippen molar-refractivity contribution in [1.82, 2.24) is 4.98 Å². The molecule has 16 heavy (non-hydrogen) atoms. The molecule has 0 saturated carbocycles. The standard InChI is InChI=1S/C10H17N3OS2/c1-14-7-8-9(6-11)16-10(12-8)13-2-4-15-5-3-13/h2-7,11H2,1H3. The van der Waals surface area contributed by atoms with E-state index in [-0.39, 0.29) is 0 Å². The normalized spacial score (nSPS) is 16.8. The molecule has 0 spiro atoms. The Labute approximate surface area is 104 Å². The van der Waals surface area contributed by atoms with Crippen molar-refractivity contribution in [1.29, 1.82) is 0 Å². The largest absolute Gasteiger partial charge is 0.378 e. The van der Waals surface area contributed by atoms with Gasteiger partial charge in [0.15, 0.2) is 5.13 Å². The minimum absolute atomic E-state index is 0.555. The van der Waals surface area contributed by atoms with Gasteiger partial charge in [-0.05, 0) is 0 Å². The molecule has 2 rings (SSSR count). The maximum absolute atomic E-state index is 5.72. The Morgan fingerprint density at radius 1 is 1.44 bits per heavy atom. The van der Waals surface area contributed by atoms with Gasteiger partial charge in [0.25, 0.3) is 0 Å². The Kier molecular flexibility index (Phi) is 4.45. The van der Waals surface area contributed by atoms with Crippen molar-refractivity contribution in [3.63, 3.8) is 0 Å². The summed E-state index contributed by atoms with van der Waals surface area (Å²) in [4.78, 5) is 8.12. The maximum atomic E-state index is 5.72. The Balaban J connectivity index is 2.14. The van der Waals surface area contributed by atoms with Crippen molar-refractivity contribution in [3.8, 4) is 0 Å². The Hall–Kier alpha value is -0.300. The van der Waals surface area contributed by atoms with E-state index in [1.54, 1.807) is 18.4 Å².